The fourth-order valence-electron chi connectivity index (χ4n) is 1.28. The van der Waals surface area contributed by atoms with Crippen LogP contribution in [-0.2, 0) is 23.9 Å². The van der Waals surface area contributed by atoms with E-state index >= 15 is 0 Å². The molecule has 2 amide bonds. The molecule has 1 heterocycles. The summed E-state index contributed by atoms with van der Waals surface area (Å²) in [5, 5.41) is 0. The van der Waals surface area contributed by atoms with Crippen LogP contribution in [0, 0.1) is 0 Å². The van der Waals surface area contributed by atoms with Crippen LogP contribution in [0.25, 0.3) is 0 Å². The van der Waals surface area contributed by atoms with E-state index in [0.29, 0.717) is 6.61 Å². The molecule has 6 nitrogen and oxygen atoms in total. The van der Waals surface area contributed by atoms with Gasteiger partial charge in [0.2, 0.25) is 0 Å². The van der Waals surface area contributed by atoms with Crippen LogP contribution in [0.1, 0.15) is 60.8 Å². The van der Waals surface area contributed by atoms with Crippen LogP contribution in [0.3, 0.4) is 0 Å². The Bertz CT molecular complexity index is 851. The molecule has 242 valence electrons. The molecule has 0 aliphatic carbocycles. The summed E-state index contributed by atoms with van der Waals surface area (Å²) in [6.07, 6.45) is 6.30. The first-order chi connectivity index (χ1) is 19.4. The first-order valence-corrected chi connectivity index (χ1v) is 13.1. The number of rotatable bonds is 8. The van der Waals surface area contributed by atoms with Crippen molar-refractivity contribution in [3.05, 3.63) is 98.7 Å². The molecule has 0 radical (unpaired) electrons. The normalized spacial score (nSPS) is 10.1. The lowest BCUT2D eigenvalue weighted by Crippen LogP contribution is -2.24. The van der Waals surface area contributed by atoms with E-state index in [1.807, 2.05) is 26.8 Å². The van der Waals surface area contributed by atoms with Gasteiger partial charge in [0.05, 0.1) is 13.7 Å². The average molecular weight is 602 g/mol. The van der Waals surface area contributed by atoms with E-state index in [9.17, 15) is 27.6 Å². The minimum absolute atomic E-state index is 0.241. The van der Waals surface area contributed by atoms with Crippen LogP contribution in [-0.4, -0.2) is 56.7 Å². The SMILES string of the molecule is C=C(C(=O)OC)C(F)(F)F.C=C(C)C(=C)CC.C=CC(=C)CC.C=CCC.C=CCOC.CC.CN1C(=O)C=CC1=O. The van der Waals surface area contributed by atoms with Gasteiger partial charge in [-0.25, -0.2) is 4.79 Å². The van der Waals surface area contributed by atoms with Gasteiger partial charge in [0.25, 0.3) is 11.8 Å². The van der Waals surface area contributed by atoms with Crippen molar-refractivity contribution in [2.75, 3.05) is 27.9 Å². The molecule has 0 atom stereocenters. The lowest BCUT2D eigenvalue weighted by Gasteiger charge is -2.05. The molecule has 0 saturated carbocycles. The first kappa shape index (κ1) is 51.1. The van der Waals surface area contributed by atoms with Gasteiger partial charge in [-0.2, -0.15) is 13.2 Å². The summed E-state index contributed by atoms with van der Waals surface area (Å²) in [4.78, 5) is 32.0. The van der Waals surface area contributed by atoms with E-state index in [1.165, 1.54) is 19.2 Å². The van der Waals surface area contributed by atoms with Gasteiger partial charge in [0, 0.05) is 26.3 Å². The molecule has 1 aliphatic heterocycles. The van der Waals surface area contributed by atoms with Crippen molar-refractivity contribution in [2.24, 2.45) is 0 Å². The van der Waals surface area contributed by atoms with Gasteiger partial charge in [0.15, 0.2) is 0 Å². The van der Waals surface area contributed by atoms with E-state index in [0.717, 1.165) is 48.0 Å². The standard InChI is InChI=1S/C7H12.C6H10.C5H5F3O2.C5H5NO2.C4H8O.C4H8.C2H6/c1-5-7(4)6(2)3;1-4-6(3)5-2;1-3(4(9)10-2)5(6,7)8;1-6-4(7)2-3-5(6)8;1-3-4-5-2;1-3-4-2;1-2/h2,4-5H2,1,3H3;4H,1,3,5H2,2H3;1H2,2H3;2-3H,1H3;3H,1,4H2,2H3;3H,1,4H2,2H3;1-2H3. The predicted octanol–water partition coefficient (Wildman–Crippen LogP) is 8.91. The summed E-state index contributed by atoms with van der Waals surface area (Å²) in [5.41, 5.74) is 1.87. The Morgan fingerprint density at radius 1 is 0.905 bits per heavy atom. The van der Waals surface area contributed by atoms with Gasteiger partial charge in [-0.15, -0.1) is 13.2 Å². The number of allylic oxidation sites excluding steroid dienone is 5. The Morgan fingerprint density at radius 3 is 1.36 bits per heavy atom. The highest BCUT2D eigenvalue weighted by molar-refractivity contribution is 6.12. The molecular weight excluding hydrogens is 547 g/mol. The average Bonchev–Trinajstić information content (AvgIpc) is 3.28. The number of nitrogens with zero attached hydrogens (tertiary/aromatic N) is 1. The third kappa shape index (κ3) is 38.4. The molecule has 0 N–H and O–H groups in total. The Balaban J connectivity index is -0.0000000935. The van der Waals surface area contributed by atoms with Crippen LogP contribution in [0.15, 0.2) is 98.7 Å². The van der Waals surface area contributed by atoms with Crippen LogP contribution < -0.4 is 0 Å². The number of likely N-dealkylation sites (N-methyl/N-ethyl adjacent to an activating group) is 1. The van der Waals surface area contributed by atoms with Gasteiger partial charge >= 0.3 is 12.1 Å². The third-order valence-electron chi connectivity index (χ3n) is 4.15. The van der Waals surface area contributed by atoms with E-state index in [-0.39, 0.29) is 11.8 Å². The van der Waals surface area contributed by atoms with E-state index in [4.69, 9.17) is 0 Å². The largest absolute Gasteiger partial charge is 0.465 e. The number of hydrogen-bond acceptors (Lipinski definition) is 5. The van der Waals surface area contributed by atoms with E-state index in [2.05, 4.69) is 76.3 Å². The van der Waals surface area contributed by atoms with E-state index < -0.39 is 17.7 Å². The number of esters is 1. The highest BCUT2D eigenvalue weighted by Gasteiger charge is 2.37. The quantitative estimate of drug-likeness (QED) is 0.0913. The lowest BCUT2D eigenvalue weighted by molar-refractivity contribution is -0.148. The number of halogens is 3. The Hall–Kier alpha value is -3.72. The Kier molecular flexibility index (Phi) is 42.9. The molecule has 0 unspecified atom stereocenters. The maximum Gasteiger partial charge on any atom is 0.422 e. The zero-order valence-electron chi connectivity index (χ0n) is 27.3. The molecule has 0 bridgehead atoms. The minimum Gasteiger partial charge on any atom is -0.465 e. The molecule has 0 aromatic carbocycles. The van der Waals surface area contributed by atoms with Gasteiger partial charge in [-0.05, 0) is 26.2 Å². The molecule has 9 heteroatoms. The zero-order valence-corrected chi connectivity index (χ0v) is 27.3. The lowest BCUT2D eigenvalue weighted by atomic mass is 10.1. The summed E-state index contributed by atoms with van der Waals surface area (Å²) >= 11 is 0. The summed E-state index contributed by atoms with van der Waals surface area (Å²) in [7, 11) is 3.95. The molecule has 0 aromatic heterocycles. The number of hydrogen-bond donors (Lipinski definition) is 0. The highest BCUT2D eigenvalue weighted by Crippen LogP contribution is 2.24. The molecule has 0 fully saturated rings. The summed E-state index contributed by atoms with van der Waals surface area (Å²) < 4.78 is 42.8. The summed E-state index contributed by atoms with van der Waals surface area (Å²) in [5.74, 6) is -1.93. The molecule has 0 saturated heterocycles. The van der Waals surface area contributed by atoms with Crippen molar-refractivity contribution >= 4 is 17.8 Å². The van der Waals surface area contributed by atoms with Crippen molar-refractivity contribution in [1.29, 1.82) is 0 Å². The Morgan fingerprint density at radius 2 is 1.31 bits per heavy atom. The second kappa shape index (κ2) is 35.3. The fraction of sp³-hybridized carbons (Fsp3) is 0.424. The van der Waals surface area contributed by atoms with Crippen LogP contribution in [0.4, 0.5) is 13.2 Å². The molecule has 1 aliphatic rings. The second-order valence-electron chi connectivity index (χ2n) is 7.43. The maximum atomic E-state index is 11.5. The summed E-state index contributed by atoms with van der Waals surface area (Å²) in [6, 6.07) is 0. The number of carbonyl (C=O) groups excluding carboxylic acids is 3. The van der Waals surface area contributed by atoms with Crippen molar-refractivity contribution in [3.8, 4) is 0 Å². The second-order valence-corrected chi connectivity index (χ2v) is 7.43. The molecule has 1 rings (SSSR count). The molecular formula is C33H54F3NO5. The number of amides is 2. The van der Waals surface area contributed by atoms with E-state index in [1.54, 1.807) is 19.3 Å². The number of methoxy groups -OCH3 is 2. The van der Waals surface area contributed by atoms with Gasteiger partial charge in [-0.3, -0.25) is 14.5 Å². The van der Waals surface area contributed by atoms with Crippen LogP contribution >= 0.6 is 0 Å². The predicted molar refractivity (Wildman–Crippen MR) is 172 cm³/mol. The molecule has 42 heavy (non-hydrogen) atoms. The number of imide groups is 1. The smallest absolute Gasteiger partial charge is 0.422 e. The minimum atomic E-state index is -4.69. The van der Waals surface area contributed by atoms with Gasteiger partial charge < -0.3 is 9.47 Å². The van der Waals surface area contributed by atoms with Crippen LogP contribution in [0.2, 0.25) is 0 Å². The zero-order chi connectivity index (χ0) is 34.9. The maximum absolute atomic E-state index is 11.5. The number of carbonyl (C=O) groups is 3. The molecule has 0 spiro atoms. The van der Waals surface area contributed by atoms with Crippen molar-refractivity contribution in [2.45, 2.75) is 67.0 Å². The fourth-order valence-corrected chi connectivity index (χ4v) is 1.28. The van der Waals surface area contributed by atoms with Gasteiger partial charge in [0.1, 0.15) is 5.57 Å². The number of ether oxygens (including phenoxy) is 2. The Labute approximate surface area is 253 Å². The first-order valence-electron chi connectivity index (χ1n) is 13.1. The highest BCUT2D eigenvalue weighted by atomic mass is 19.4. The van der Waals surface area contributed by atoms with Gasteiger partial charge in [-0.1, -0.05) is 102 Å². The molecule has 0 aromatic rings. The monoisotopic (exact) mass is 601 g/mol. The van der Waals surface area contributed by atoms with Crippen molar-refractivity contribution in [3.63, 3.8) is 0 Å². The summed E-state index contributed by atoms with van der Waals surface area (Å²) in [6.45, 7) is 36.9. The topological polar surface area (TPSA) is 72.9 Å². The third-order valence-corrected chi connectivity index (χ3v) is 4.15. The van der Waals surface area contributed by atoms with Crippen molar-refractivity contribution in [1.82, 2.24) is 4.90 Å². The van der Waals surface area contributed by atoms with Crippen LogP contribution in [0.5, 0.6) is 0 Å². The number of alkyl halides is 3. The van der Waals surface area contributed by atoms with Crippen molar-refractivity contribution < 1.29 is 37.0 Å².